The van der Waals surface area contributed by atoms with Crippen LogP contribution in [-0.4, -0.2) is 25.7 Å². The third-order valence-electron chi connectivity index (χ3n) is 1.78. The van der Waals surface area contributed by atoms with E-state index < -0.39 is 0 Å². The number of hydrogen-bond acceptors (Lipinski definition) is 3. The summed E-state index contributed by atoms with van der Waals surface area (Å²) in [7, 11) is 0. The summed E-state index contributed by atoms with van der Waals surface area (Å²) in [4.78, 5) is 11.4. The molecule has 17 heavy (non-hydrogen) atoms. The Labute approximate surface area is 114 Å². The number of nitrogens with two attached hydrogens (primary N) is 1. The van der Waals surface area contributed by atoms with Crippen LogP contribution < -0.4 is 11.1 Å². The first-order valence-corrected chi connectivity index (χ1v) is 5.90. The first-order valence-electron chi connectivity index (χ1n) is 4.76. The van der Waals surface area contributed by atoms with E-state index in [9.17, 15) is 4.79 Å². The molecule has 0 saturated heterocycles. The number of benzene rings is 1. The molecule has 0 heterocycles. The molecule has 0 fully saturated rings. The third kappa shape index (κ3) is 4.69. The fourth-order valence-corrected chi connectivity index (χ4v) is 1.65. The van der Waals surface area contributed by atoms with Crippen molar-refractivity contribution in [3.8, 4) is 0 Å². The van der Waals surface area contributed by atoms with Gasteiger partial charge in [0.1, 0.15) is 6.61 Å². The molecule has 0 spiro atoms. The fraction of sp³-hybridized carbons (Fsp3) is 0.300. The second kappa shape index (κ2) is 7.03. The van der Waals surface area contributed by atoms with Crippen molar-refractivity contribution in [2.24, 2.45) is 5.73 Å². The van der Waals surface area contributed by atoms with E-state index in [-0.39, 0.29) is 12.5 Å². The van der Waals surface area contributed by atoms with Gasteiger partial charge in [0.25, 0.3) is 0 Å². The van der Waals surface area contributed by atoms with Gasteiger partial charge in [0.15, 0.2) is 0 Å². The first-order chi connectivity index (χ1) is 8.04. The van der Waals surface area contributed by atoms with Crippen molar-refractivity contribution in [3.63, 3.8) is 0 Å². The number of carbonyl (C=O) groups is 1. The summed E-state index contributed by atoms with van der Waals surface area (Å²) in [5.74, 6) is -0.335. The molecule has 1 rings (SSSR count). The summed E-state index contributed by atoms with van der Waals surface area (Å²) >= 11 is 17.5. The molecule has 0 atom stereocenters. The highest BCUT2D eigenvalue weighted by atomic mass is 35.5. The van der Waals surface area contributed by atoms with Gasteiger partial charge >= 0.3 is 0 Å². The van der Waals surface area contributed by atoms with Gasteiger partial charge in [-0.3, -0.25) is 4.79 Å². The normalized spacial score (nSPS) is 10.4. The Morgan fingerprint density at radius 2 is 1.88 bits per heavy atom. The predicted octanol–water partition coefficient (Wildman–Crippen LogP) is 2.56. The van der Waals surface area contributed by atoms with E-state index in [0.29, 0.717) is 33.9 Å². The molecule has 1 amide bonds. The van der Waals surface area contributed by atoms with Crippen molar-refractivity contribution in [1.82, 2.24) is 0 Å². The molecule has 0 saturated carbocycles. The quantitative estimate of drug-likeness (QED) is 0.648. The van der Waals surface area contributed by atoms with Crippen molar-refractivity contribution in [3.05, 3.63) is 27.2 Å². The number of amides is 1. The molecule has 1 aromatic rings. The first kappa shape index (κ1) is 14.5. The molecule has 0 bridgehead atoms. The summed E-state index contributed by atoms with van der Waals surface area (Å²) in [6.07, 6.45) is 0. The maximum Gasteiger partial charge on any atom is 0.250 e. The minimum Gasteiger partial charge on any atom is -0.370 e. The minimum atomic E-state index is -0.335. The van der Waals surface area contributed by atoms with Gasteiger partial charge in [0.05, 0.1) is 27.4 Å². The lowest BCUT2D eigenvalue weighted by Crippen LogP contribution is -2.20. The molecule has 94 valence electrons. The minimum absolute atomic E-state index is 0.0895. The molecule has 0 radical (unpaired) electrons. The smallest absolute Gasteiger partial charge is 0.250 e. The maximum atomic E-state index is 11.4. The van der Waals surface area contributed by atoms with E-state index >= 15 is 0 Å². The van der Waals surface area contributed by atoms with Gasteiger partial charge in [-0.15, -0.1) is 0 Å². The van der Waals surface area contributed by atoms with Crippen molar-refractivity contribution in [2.45, 2.75) is 0 Å². The molecule has 0 aliphatic rings. The van der Waals surface area contributed by atoms with E-state index in [2.05, 4.69) is 5.32 Å². The molecule has 7 heteroatoms. The summed E-state index contributed by atoms with van der Waals surface area (Å²) in [5.41, 5.74) is 5.61. The van der Waals surface area contributed by atoms with Crippen LogP contribution in [0.3, 0.4) is 0 Å². The summed E-state index contributed by atoms with van der Waals surface area (Å²) in [6.45, 7) is 0.594. The Hall–Kier alpha value is -0.520. The second-order valence-electron chi connectivity index (χ2n) is 3.14. The van der Waals surface area contributed by atoms with E-state index in [1.165, 1.54) is 12.1 Å². The van der Waals surface area contributed by atoms with Crippen LogP contribution in [0.4, 0.5) is 5.69 Å². The Bertz CT molecular complexity index is 413. The van der Waals surface area contributed by atoms with Gasteiger partial charge in [-0.25, -0.2) is 0 Å². The van der Waals surface area contributed by atoms with Crippen LogP contribution in [0.25, 0.3) is 0 Å². The molecular weight excluding hydrogens is 286 g/mol. The average molecular weight is 298 g/mol. The van der Waals surface area contributed by atoms with E-state index in [0.717, 1.165) is 0 Å². The van der Waals surface area contributed by atoms with Crippen LogP contribution in [0, 0.1) is 0 Å². The summed E-state index contributed by atoms with van der Waals surface area (Å²) < 4.78 is 4.97. The summed E-state index contributed by atoms with van der Waals surface area (Å²) in [5, 5.41) is 3.51. The molecule has 4 nitrogen and oxygen atoms in total. The van der Waals surface area contributed by atoms with E-state index in [1.54, 1.807) is 0 Å². The number of nitrogens with one attached hydrogen (secondary N) is 1. The van der Waals surface area contributed by atoms with Crippen LogP contribution >= 0.6 is 34.8 Å². The number of halogens is 3. The van der Waals surface area contributed by atoms with Crippen molar-refractivity contribution >= 4 is 46.4 Å². The van der Waals surface area contributed by atoms with Crippen LogP contribution in [0.5, 0.6) is 0 Å². The zero-order valence-electron chi connectivity index (χ0n) is 8.80. The molecule has 3 N–H and O–H groups in total. The lowest BCUT2D eigenvalue weighted by molar-refractivity contribution is -0.120. The number of anilines is 1. The molecule has 1 aromatic carbocycles. The van der Waals surface area contributed by atoms with E-state index in [1.807, 2.05) is 0 Å². The van der Waals surface area contributed by atoms with Gasteiger partial charge < -0.3 is 15.8 Å². The molecule has 0 aliphatic heterocycles. The lowest BCUT2D eigenvalue weighted by atomic mass is 10.3. The fourth-order valence-electron chi connectivity index (χ4n) is 1.05. The van der Waals surface area contributed by atoms with Gasteiger partial charge in [0.2, 0.25) is 5.91 Å². The number of ether oxygens (including phenoxy) is 1. The highest BCUT2D eigenvalue weighted by Gasteiger charge is 2.09. The van der Waals surface area contributed by atoms with Crippen LogP contribution in [0.15, 0.2) is 12.1 Å². The molecule has 0 unspecified atom stereocenters. The highest BCUT2D eigenvalue weighted by molar-refractivity contribution is 6.44. The van der Waals surface area contributed by atoms with Crippen LogP contribution in [0.1, 0.15) is 0 Å². The SMILES string of the molecule is NCCOCC(=O)Nc1cc(Cl)c(Cl)cc1Cl. The van der Waals surface area contributed by atoms with Gasteiger partial charge in [-0.1, -0.05) is 34.8 Å². The second-order valence-corrected chi connectivity index (χ2v) is 4.36. The van der Waals surface area contributed by atoms with Gasteiger partial charge in [-0.05, 0) is 12.1 Å². The van der Waals surface area contributed by atoms with Crippen molar-refractivity contribution in [1.29, 1.82) is 0 Å². The number of rotatable bonds is 5. The Balaban J connectivity index is 2.62. The highest BCUT2D eigenvalue weighted by Crippen LogP contribution is 2.32. The van der Waals surface area contributed by atoms with Crippen molar-refractivity contribution < 1.29 is 9.53 Å². The van der Waals surface area contributed by atoms with Crippen LogP contribution in [-0.2, 0) is 9.53 Å². The largest absolute Gasteiger partial charge is 0.370 e. The zero-order chi connectivity index (χ0) is 12.8. The predicted molar refractivity (Wildman–Crippen MR) is 70.0 cm³/mol. The lowest BCUT2D eigenvalue weighted by Gasteiger charge is -2.08. The molecule has 0 aromatic heterocycles. The topological polar surface area (TPSA) is 64.3 Å². The third-order valence-corrected chi connectivity index (χ3v) is 2.81. The number of carbonyl (C=O) groups excluding carboxylic acids is 1. The van der Waals surface area contributed by atoms with Crippen molar-refractivity contribution in [2.75, 3.05) is 25.1 Å². The Kier molecular flexibility index (Phi) is 6.02. The van der Waals surface area contributed by atoms with Gasteiger partial charge in [0, 0.05) is 6.54 Å². The average Bonchev–Trinajstić information content (AvgIpc) is 2.26. The Morgan fingerprint density at radius 1 is 1.24 bits per heavy atom. The Morgan fingerprint density at radius 3 is 2.53 bits per heavy atom. The molecular formula is C10H11Cl3N2O2. The van der Waals surface area contributed by atoms with Crippen LogP contribution in [0.2, 0.25) is 15.1 Å². The number of hydrogen-bond donors (Lipinski definition) is 2. The monoisotopic (exact) mass is 296 g/mol. The zero-order valence-corrected chi connectivity index (χ0v) is 11.1. The molecule has 0 aliphatic carbocycles. The van der Waals surface area contributed by atoms with Gasteiger partial charge in [-0.2, -0.15) is 0 Å². The van der Waals surface area contributed by atoms with E-state index in [4.69, 9.17) is 45.3 Å². The maximum absolute atomic E-state index is 11.4. The standard InChI is InChI=1S/C10H11Cl3N2O2/c11-6-3-8(13)9(4-7(6)12)15-10(16)5-17-2-1-14/h3-4H,1-2,5,14H2,(H,15,16). The summed E-state index contributed by atoms with van der Waals surface area (Å²) in [6, 6.07) is 2.94.